The van der Waals surface area contributed by atoms with Crippen LogP contribution in [0.15, 0.2) is 30.3 Å². The summed E-state index contributed by atoms with van der Waals surface area (Å²) in [5, 5.41) is 28.6. The maximum Gasteiger partial charge on any atom is 0.326 e. The lowest BCUT2D eigenvalue weighted by Gasteiger charge is -2.25. The van der Waals surface area contributed by atoms with Gasteiger partial charge in [-0.25, -0.2) is 4.79 Å². The van der Waals surface area contributed by atoms with Crippen LogP contribution in [0.25, 0.3) is 0 Å². The van der Waals surface area contributed by atoms with Crippen LogP contribution in [0.4, 0.5) is 0 Å². The van der Waals surface area contributed by atoms with E-state index in [2.05, 4.69) is 21.3 Å². The maximum atomic E-state index is 13.2. The second-order valence-electron chi connectivity index (χ2n) is 8.46. The number of carbonyl (C=O) groups is 6. The summed E-state index contributed by atoms with van der Waals surface area (Å²) in [6, 6.07) is 4.17. The molecule has 1 aromatic carbocycles. The van der Waals surface area contributed by atoms with E-state index < -0.39 is 66.7 Å². The Morgan fingerprint density at radius 3 is 2.14 bits per heavy atom. The minimum atomic E-state index is -1.66. The van der Waals surface area contributed by atoms with Gasteiger partial charge in [0.1, 0.15) is 18.1 Å². The van der Waals surface area contributed by atoms with E-state index in [1.54, 1.807) is 30.3 Å². The van der Waals surface area contributed by atoms with Crippen LogP contribution >= 0.6 is 0 Å². The summed E-state index contributed by atoms with van der Waals surface area (Å²) in [5.41, 5.74) is 5.76. The third-order valence-electron chi connectivity index (χ3n) is 5.59. The molecule has 0 saturated carbocycles. The van der Waals surface area contributed by atoms with Crippen molar-refractivity contribution in [3.05, 3.63) is 35.9 Å². The molecule has 4 unspecified atom stereocenters. The maximum absolute atomic E-state index is 13.2. The molecule has 13 heteroatoms. The molecule has 36 heavy (non-hydrogen) atoms. The minimum absolute atomic E-state index is 0.0951. The number of hydrogen-bond acceptors (Lipinski definition) is 7. The van der Waals surface area contributed by atoms with E-state index in [1.165, 1.54) is 0 Å². The summed E-state index contributed by atoms with van der Waals surface area (Å²) < 4.78 is 0. The molecule has 1 aliphatic heterocycles. The van der Waals surface area contributed by atoms with Crippen LogP contribution in [0, 0.1) is 0 Å². The van der Waals surface area contributed by atoms with Gasteiger partial charge < -0.3 is 37.2 Å². The Hall–Kier alpha value is -4.00. The topological polar surface area (TPSA) is 217 Å². The number of hydrogen-bond donors (Lipinski definition) is 7. The van der Waals surface area contributed by atoms with E-state index in [1.807, 2.05) is 0 Å². The van der Waals surface area contributed by atoms with Gasteiger partial charge in [0.25, 0.3) is 0 Å². The van der Waals surface area contributed by atoms with Crippen molar-refractivity contribution in [1.29, 1.82) is 0 Å². The Bertz CT molecular complexity index is 965. The molecule has 13 nitrogen and oxygen atoms in total. The van der Waals surface area contributed by atoms with E-state index in [9.17, 15) is 33.9 Å². The molecule has 1 aliphatic rings. The number of nitrogens with one attached hydrogen (secondary N) is 4. The third-order valence-corrected chi connectivity index (χ3v) is 5.59. The molecule has 4 amide bonds. The fourth-order valence-electron chi connectivity index (χ4n) is 3.72. The van der Waals surface area contributed by atoms with Gasteiger partial charge in [-0.2, -0.15) is 0 Å². The first-order valence-electron chi connectivity index (χ1n) is 11.5. The fourth-order valence-corrected chi connectivity index (χ4v) is 3.72. The summed E-state index contributed by atoms with van der Waals surface area (Å²) in [7, 11) is 0. The average Bonchev–Trinajstić information content (AvgIpc) is 3.36. The van der Waals surface area contributed by atoms with Gasteiger partial charge in [-0.15, -0.1) is 0 Å². The first-order valence-corrected chi connectivity index (χ1v) is 11.5. The summed E-state index contributed by atoms with van der Waals surface area (Å²) in [4.78, 5) is 72.3. The van der Waals surface area contributed by atoms with Gasteiger partial charge in [-0.1, -0.05) is 30.3 Å². The summed E-state index contributed by atoms with van der Waals surface area (Å²) >= 11 is 0. The lowest BCUT2D eigenvalue weighted by molar-refractivity contribution is -0.144. The van der Waals surface area contributed by atoms with Gasteiger partial charge in [-0.05, 0) is 31.4 Å². The zero-order valence-electron chi connectivity index (χ0n) is 19.6. The van der Waals surface area contributed by atoms with Crippen LogP contribution < -0.4 is 27.0 Å². The highest BCUT2D eigenvalue weighted by molar-refractivity contribution is 5.95. The molecule has 1 aromatic rings. The molecule has 196 valence electrons. The number of primary amides is 1. The zero-order valence-corrected chi connectivity index (χ0v) is 19.6. The molecule has 1 fully saturated rings. The van der Waals surface area contributed by atoms with E-state index in [0.717, 1.165) is 12.0 Å². The highest BCUT2D eigenvalue weighted by Gasteiger charge is 2.32. The monoisotopic (exact) mass is 505 g/mol. The average molecular weight is 506 g/mol. The number of benzene rings is 1. The van der Waals surface area contributed by atoms with Gasteiger partial charge in [0.2, 0.25) is 23.6 Å². The Balaban J connectivity index is 2.20. The quantitative estimate of drug-likeness (QED) is 0.152. The Labute approximate surface area is 207 Å². The molecular weight excluding hydrogens is 474 g/mol. The van der Waals surface area contributed by atoms with Crippen LogP contribution in [0.3, 0.4) is 0 Å². The lowest BCUT2D eigenvalue weighted by Crippen LogP contribution is -2.57. The second kappa shape index (κ2) is 13.8. The molecule has 0 radical (unpaired) electrons. The van der Waals surface area contributed by atoms with Crippen LogP contribution in [0.1, 0.15) is 37.7 Å². The molecule has 0 aliphatic carbocycles. The highest BCUT2D eigenvalue weighted by atomic mass is 16.4. The fraction of sp³-hybridized carbons (Fsp3) is 0.478. The molecular formula is C23H31N5O8. The Kier molecular flexibility index (Phi) is 10.8. The van der Waals surface area contributed by atoms with Gasteiger partial charge in [0.15, 0.2) is 0 Å². The standard InChI is InChI=1S/C23H31N5O8/c24-18(29)12-17(23(35)36)28-21(33)15(8-9-19(30)31)26-22(34)16(11-13-5-2-1-3-6-13)27-20(32)14-7-4-10-25-14/h1-3,5-6,14-17,25H,4,7-12H2,(H2,24,29)(H,26,34)(H,27,32)(H,28,33)(H,30,31)(H,35,36). The van der Waals surface area contributed by atoms with Crippen LogP contribution in [0.5, 0.6) is 0 Å². The Morgan fingerprint density at radius 2 is 1.58 bits per heavy atom. The number of aliphatic carboxylic acids is 2. The van der Waals surface area contributed by atoms with Crippen molar-refractivity contribution in [2.24, 2.45) is 5.73 Å². The molecule has 1 heterocycles. The summed E-state index contributed by atoms with van der Waals surface area (Å²) in [6.45, 7) is 0.668. The summed E-state index contributed by atoms with van der Waals surface area (Å²) in [6.07, 6.45) is -0.0497. The largest absolute Gasteiger partial charge is 0.481 e. The van der Waals surface area contributed by atoms with Crippen LogP contribution in [0.2, 0.25) is 0 Å². The normalized spacial score (nSPS) is 17.3. The zero-order chi connectivity index (χ0) is 26.7. The number of carbonyl (C=O) groups excluding carboxylic acids is 4. The van der Waals surface area contributed by atoms with Crippen LogP contribution in [-0.4, -0.2) is 76.5 Å². The first kappa shape index (κ1) is 28.2. The number of rotatable bonds is 14. The van der Waals surface area contributed by atoms with Gasteiger partial charge in [-0.3, -0.25) is 24.0 Å². The SMILES string of the molecule is NC(=O)CC(NC(=O)C(CCC(=O)O)NC(=O)C(Cc1ccccc1)NC(=O)C1CCCN1)C(=O)O. The molecule has 8 N–H and O–H groups in total. The van der Waals surface area contributed by atoms with Crippen molar-refractivity contribution in [2.45, 2.75) is 62.7 Å². The molecule has 0 aromatic heterocycles. The molecule has 2 rings (SSSR count). The molecule has 1 saturated heterocycles. The predicted molar refractivity (Wildman–Crippen MR) is 125 cm³/mol. The van der Waals surface area contributed by atoms with E-state index in [-0.39, 0.29) is 18.7 Å². The van der Waals surface area contributed by atoms with Gasteiger partial charge in [0.05, 0.1) is 12.5 Å². The minimum Gasteiger partial charge on any atom is -0.481 e. The number of carboxylic acids is 2. The highest BCUT2D eigenvalue weighted by Crippen LogP contribution is 2.09. The smallest absolute Gasteiger partial charge is 0.326 e. The molecule has 4 atom stereocenters. The van der Waals surface area contributed by atoms with Crippen molar-refractivity contribution in [3.63, 3.8) is 0 Å². The van der Waals surface area contributed by atoms with Gasteiger partial charge >= 0.3 is 11.9 Å². The molecule has 0 spiro atoms. The first-order chi connectivity index (χ1) is 17.1. The van der Waals surface area contributed by atoms with Crippen molar-refractivity contribution in [1.82, 2.24) is 21.3 Å². The molecule has 0 bridgehead atoms. The van der Waals surface area contributed by atoms with Crippen molar-refractivity contribution in [3.8, 4) is 0 Å². The second-order valence-corrected chi connectivity index (χ2v) is 8.46. The predicted octanol–water partition coefficient (Wildman–Crippen LogP) is -1.74. The summed E-state index contributed by atoms with van der Waals surface area (Å²) in [5.74, 6) is -5.88. The van der Waals surface area contributed by atoms with Crippen molar-refractivity contribution < 1.29 is 39.0 Å². The number of carboxylic acid groups (broad SMARTS) is 2. The van der Waals surface area contributed by atoms with Crippen LogP contribution in [-0.2, 0) is 35.2 Å². The number of amides is 4. The van der Waals surface area contributed by atoms with E-state index in [4.69, 9.17) is 10.8 Å². The number of nitrogens with two attached hydrogens (primary N) is 1. The third kappa shape index (κ3) is 9.33. The Morgan fingerprint density at radius 1 is 0.944 bits per heavy atom. The van der Waals surface area contributed by atoms with Crippen molar-refractivity contribution in [2.75, 3.05) is 6.54 Å². The van der Waals surface area contributed by atoms with Crippen molar-refractivity contribution >= 4 is 35.6 Å². The lowest BCUT2D eigenvalue weighted by atomic mass is 10.0. The van der Waals surface area contributed by atoms with Gasteiger partial charge in [0, 0.05) is 12.8 Å². The van der Waals surface area contributed by atoms with E-state index >= 15 is 0 Å². The van der Waals surface area contributed by atoms with E-state index in [0.29, 0.717) is 13.0 Å².